The molecule has 0 radical (unpaired) electrons. The normalized spacial score (nSPS) is 11.6. The van der Waals surface area contributed by atoms with Gasteiger partial charge in [0.05, 0.1) is 33.5 Å². The number of nitrogens with zero attached hydrogens (tertiary/aromatic N) is 4. The van der Waals surface area contributed by atoms with Crippen LogP contribution in [0.2, 0.25) is 0 Å². The Morgan fingerprint density at radius 2 is 0.773 bits per heavy atom. The second-order valence-corrected chi connectivity index (χ2v) is 17.7. The predicted molar refractivity (Wildman–Crippen MR) is 277 cm³/mol. The minimum absolute atomic E-state index is 0.729. The van der Waals surface area contributed by atoms with Gasteiger partial charge in [-0.3, -0.25) is 0 Å². The van der Waals surface area contributed by atoms with E-state index in [1.807, 2.05) is 0 Å². The highest BCUT2D eigenvalue weighted by Crippen LogP contribution is 2.39. The quantitative estimate of drug-likeness (QED) is 0.160. The monoisotopic (exact) mass is 846 g/mol. The van der Waals surface area contributed by atoms with Gasteiger partial charge in [-0.2, -0.15) is 0 Å². The summed E-state index contributed by atoms with van der Waals surface area (Å²) in [6.45, 7) is 8.69. The lowest BCUT2D eigenvalue weighted by molar-refractivity contribution is 1.16. The first-order valence-electron chi connectivity index (χ1n) is 22.7. The van der Waals surface area contributed by atoms with E-state index in [0.717, 1.165) is 45.3 Å². The average Bonchev–Trinajstić information content (AvgIpc) is 3.86. The molecule has 4 heteroatoms. The standard InChI is InChI=1S/C62H46N4/c1-39-13-11-15-46(33-39)56-38-55(63-62(64-56)47-16-12-14-40(2)34-47)44-25-23-43(24-26-44)48-35-41(3)61(42(4)36-48)45-27-29-49(30-28-45)65-59-22-10-7-19-53(59)54-37-50(31-32-60(54)65)66-57-20-8-5-17-51(57)52-18-6-9-21-58(52)66/h5-38H,1-4H3. The van der Waals surface area contributed by atoms with Crippen LogP contribution in [0.5, 0.6) is 0 Å². The van der Waals surface area contributed by atoms with Crippen LogP contribution < -0.4 is 0 Å². The summed E-state index contributed by atoms with van der Waals surface area (Å²) in [7, 11) is 0. The Bertz CT molecular complexity index is 3710. The molecule has 0 unspecified atom stereocenters. The van der Waals surface area contributed by atoms with Gasteiger partial charge < -0.3 is 9.13 Å². The molecule has 0 bridgehead atoms. The van der Waals surface area contributed by atoms with Crippen molar-refractivity contribution in [2.45, 2.75) is 27.7 Å². The van der Waals surface area contributed by atoms with E-state index < -0.39 is 0 Å². The van der Waals surface area contributed by atoms with E-state index >= 15 is 0 Å². The third-order valence-corrected chi connectivity index (χ3v) is 13.3. The first-order chi connectivity index (χ1) is 32.3. The molecule has 0 atom stereocenters. The van der Waals surface area contributed by atoms with Crippen LogP contribution in [0.3, 0.4) is 0 Å². The molecule has 12 rings (SSSR count). The van der Waals surface area contributed by atoms with Gasteiger partial charge in [0.25, 0.3) is 0 Å². The third kappa shape index (κ3) is 6.69. The topological polar surface area (TPSA) is 35.6 Å². The number of para-hydroxylation sites is 3. The molecule has 0 aliphatic heterocycles. The largest absolute Gasteiger partial charge is 0.309 e. The summed E-state index contributed by atoms with van der Waals surface area (Å²) >= 11 is 0. The highest BCUT2D eigenvalue weighted by atomic mass is 15.0. The molecule has 4 nitrogen and oxygen atoms in total. The van der Waals surface area contributed by atoms with Crippen molar-refractivity contribution in [1.82, 2.24) is 19.1 Å². The number of benzene rings is 9. The van der Waals surface area contributed by atoms with Crippen LogP contribution in [-0.2, 0) is 0 Å². The highest BCUT2D eigenvalue weighted by Gasteiger charge is 2.18. The maximum absolute atomic E-state index is 5.11. The molecule has 3 aromatic heterocycles. The van der Waals surface area contributed by atoms with E-state index in [4.69, 9.17) is 9.97 Å². The molecular formula is C62H46N4. The van der Waals surface area contributed by atoms with Gasteiger partial charge in [-0.25, -0.2) is 9.97 Å². The number of aromatic nitrogens is 4. The van der Waals surface area contributed by atoms with Crippen molar-refractivity contribution in [2.24, 2.45) is 0 Å². The van der Waals surface area contributed by atoms with Gasteiger partial charge in [-0.1, -0.05) is 151 Å². The maximum atomic E-state index is 5.11. The molecule has 66 heavy (non-hydrogen) atoms. The lowest BCUT2D eigenvalue weighted by Gasteiger charge is -2.15. The Hall–Kier alpha value is -8.34. The maximum Gasteiger partial charge on any atom is 0.160 e. The molecule has 314 valence electrons. The molecule has 3 heterocycles. The number of fused-ring (bicyclic) bond motifs is 6. The number of aryl methyl sites for hydroxylation is 4. The molecule has 12 aromatic rings. The Morgan fingerprint density at radius 1 is 0.303 bits per heavy atom. The van der Waals surface area contributed by atoms with Crippen LogP contribution in [0, 0.1) is 27.7 Å². The summed E-state index contributed by atoms with van der Waals surface area (Å²) in [6, 6.07) is 74.8. The number of hydrogen-bond acceptors (Lipinski definition) is 2. The molecule has 0 N–H and O–H groups in total. The van der Waals surface area contributed by atoms with Gasteiger partial charge in [0.1, 0.15) is 0 Å². The molecule has 0 fully saturated rings. The van der Waals surface area contributed by atoms with Crippen molar-refractivity contribution < 1.29 is 0 Å². The molecule has 0 aliphatic rings. The van der Waals surface area contributed by atoms with Gasteiger partial charge in [0.15, 0.2) is 5.82 Å². The van der Waals surface area contributed by atoms with Gasteiger partial charge in [0, 0.05) is 49.6 Å². The van der Waals surface area contributed by atoms with E-state index in [2.05, 4.69) is 243 Å². The SMILES string of the molecule is Cc1cccc(-c2cc(-c3ccc(-c4cc(C)c(-c5ccc(-n6c7ccccc7c7cc(-n8c9ccccc9c9ccccc98)ccc76)cc5)c(C)c4)cc3)nc(-c3cccc(C)c3)n2)c1. The Morgan fingerprint density at radius 3 is 1.38 bits per heavy atom. The number of rotatable bonds is 7. The Kier molecular flexibility index (Phi) is 9.35. The van der Waals surface area contributed by atoms with E-state index in [1.54, 1.807) is 0 Å². The van der Waals surface area contributed by atoms with Gasteiger partial charge >= 0.3 is 0 Å². The van der Waals surface area contributed by atoms with Gasteiger partial charge in [-0.05, 0) is 128 Å². The fourth-order valence-corrected chi connectivity index (χ4v) is 10.2. The zero-order chi connectivity index (χ0) is 44.5. The fraction of sp³-hybridized carbons (Fsp3) is 0.0645. The van der Waals surface area contributed by atoms with E-state index in [1.165, 1.54) is 88.1 Å². The van der Waals surface area contributed by atoms with Crippen molar-refractivity contribution >= 4 is 43.6 Å². The Balaban J connectivity index is 0.864. The van der Waals surface area contributed by atoms with Crippen molar-refractivity contribution in [1.29, 1.82) is 0 Å². The molecule has 0 spiro atoms. The van der Waals surface area contributed by atoms with Crippen molar-refractivity contribution in [3.63, 3.8) is 0 Å². The lowest BCUT2D eigenvalue weighted by Crippen LogP contribution is -1.97. The predicted octanol–water partition coefficient (Wildman–Crippen LogP) is 16.2. The highest BCUT2D eigenvalue weighted by molar-refractivity contribution is 6.12. The van der Waals surface area contributed by atoms with Crippen LogP contribution in [0.15, 0.2) is 206 Å². The summed E-state index contributed by atoms with van der Waals surface area (Å²) in [5.74, 6) is 0.729. The minimum atomic E-state index is 0.729. The minimum Gasteiger partial charge on any atom is -0.309 e. The molecular weight excluding hydrogens is 801 g/mol. The van der Waals surface area contributed by atoms with Gasteiger partial charge in [-0.15, -0.1) is 0 Å². The van der Waals surface area contributed by atoms with Crippen LogP contribution in [0.25, 0.3) is 111 Å². The summed E-state index contributed by atoms with van der Waals surface area (Å²) in [5, 5.41) is 5.02. The second kappa shape index (κ2) is 15.7. The second-order valence-electron chi connectivity index (χ2n) is 17.7. The van der Waals surface area contributed by atoms with Crippen LogP contribution >= 0.6 is 0 Å². The molecule has 0 amide bonds. The van der Waals surface area contributed by atoms with Gasteiger partial charge in [0.2, 0.25) is 0 Å². The summed E-state index contributed by atoms with van der Waals surface area (Å²) in [6.07, 6.45) is 0. The summed E-state index contributed by atoms with van der Waals surface area (Å²) in [5.41, 5.74) is 21.8. The molecule has 9 aromatic carbocycles. The summed E-state index contributed by atoms with van der Waals surface area (Å²) in [4.78, 5) is 10.2. The fourth-order valence-electron chi connectivity index (χ4n) is 10.2. The first kappa shape index (κ1) is 39.3. The average molecular weight is 847 g/mol. The van der Waals surface area contributed by atoms with Crippen molar-refractivity contribution in [3.05, 3.63) is 229 Å². The Labute approximate surface area is 384 Å². The van der Waals surface area contributed by atoms with Crippen molar-refractivity contribution in [2.75, 3.05) is 0 Å². The summed E-state index contributed by atoms with van der Waals surface area (Å²) < 4.78 is 4.81. The zero-order valence-electron chi connectivity index (χ0n) is 37.4. The van der Waals surface area contributed by atoms with E-state index in [0.29, 0.717) is 0 Å². The van der Waals surface area contributed by atoms with Crippen LogP contribution in [0.4, 0.5) is 0 Å². The third-order valence-electron chi connectivity index (χ3n) is 13.3. The van der Waals surface area contributed by atoms with E-state index in [-0.39, 0.29) is 0 Å². The molecule has 0 saturated carbocycles. The lowest BCUT2D eigenvalue weighted by atomic mass is 9.91. The smallest absolute Gasteiger partial charge is 0.160 e. The van der Waals surface area contributed by atoms with E-state index in [9.17, 15) is 0 Å². The zero-order valence-corrected chi connectivity index (χ0v) is 37.4. The van der Waals surface area contributed by atoms with Crippen LogP contribution in [-0.4, -0.2) is 19.1 Å². The molecule has 0 saturated heterocycles. The van der Waals surface area contributed by atoms with Crippen molar-refractivity contribution in [3.8, 4) is 67.5 Å². The first-order valence-corrected chi connectivity index (χ1v) is 22.7. The number of hydrogen-bond donors (Lipinski definition) is 0. The molecule has 0 aliphatic carbocycles. The van der Waals surface area contributed by atoms with Crippen LogP contribution in [0.1, 0.15) is 22.3 Å².